The second-order valence-corrected chi connectivity index (χ2v) is 7.62. The SMILES string of the molecule is COc1cccc(C(=O)NCC[C@H](N)C(=O)O)c1.N[C@@H](CCNC(=O)c1cccc(OC(F)F)c1)C(=O)O. The van der Waals surface area contributed by atoms with Gasteiger partial charge in [0.25, 0.3) is 11.8 Å². The topological polar surface area (TPSA) is 203 Å². The molecule has 0 heterocycles. The first-order valence-electron chi connectivity index (χ1n) is 11.2. The van der Waals surface area contributed by atoms with Crippen molar-refractivity contribution in [1.82, 2.24) is 10.6 Å². The van der Waals surface area contributed by atoms with Gasteiger partial charge in [0, 0.05) is 24.2 Å². The molecular weight excluding hydrogens is 510 g/mol. The molecule has 0 aliphatic carbocycles. The lowest BCUT2D eigenvalue weighted by molar-refractivity contribution is -0.139. The van der Waals surface area contributed by atoms with E-state index >= 15 is 0 Å². The van der Waals surface area contributed by atoms with E-state index in [2.05, 4.69) is 15.4 Å². The van der Waals surface area contributed by atoms with E-state index in [0.29, 0.717) is 11.3 Å². The van der Waals surface area contributed by atoms with Crippen molar-refractivity contribution in [1.29, 1.82) is 0 Å². The molecule has 0 aliphatic rings. The van der Waals surface area contributed by atoms with E-state index < -0.39 is 36.5 Å². The summed E-state index contributed by atoms with van der Waals surface area (Å²) in [4.78, 5) is 44.3. The molecule has 14 heteroatoms. The monoisotopic (exact) mass is 540 g/mol. The minimum absolute atomic E-state index is 0.0617. The fourth-order valence-corrected chi connectivity index (χ4v) is 2.71. The van der Waals surface area contributed by atoms with Crippen LogP contribution in [-0.4, -0.2) is 72.9 Å². The van der Waals surface area contributed by atoms with Crippen molar-refractivity contribution < 1.29 is 47.6 Å². The molecule has 2 atom stereocenters. The van der Waals surface area contributed by atoms with E-state index in [0.717, 1.165) is 0 Å². The predicted octanol–water partition coefficient (Wildman–Crippen LogP) is 1.05. The summed E-state index contributed by atoms with van der Waals surface area (Å²) in [6, 6.07) is 9.94. The standard InChI is InChI=1S/C12H14F2N2O4.C12H16N2O4/c13-12(14)20-8-3-1-2-7(6-8)10(17)16-5-4-9(15)11(18)19;1-18-9-4-2-3-8(7-9)11(15)14-6-5-10(13)12(16)17/h1-3,6,9,12H,4-5,15H2,(H,16,17)(H,18,19);2-4,7,10H,5-6,13H2,1H3,(H,14,15)(H,16,17)/t9-;10-/m00/s1. The first-order valence-corrected chi connectivity index (χ1v) is 11.2. The number of aliphatic carboxylic acids is 2. The Morgan fingerprint density at radius 2 is 1.24 bits per heavy atom. The summed E-state index contributed by atoms with van der Waals surface area (Å²) in [5.74, 6) is -2.59. The van der Waals surface area contributed by atoms with Crippen molar-refractivity contribution in [3.63, 3.8) is 0 Å². The van der Waals surface area contributed by atoms with Gasteiger partial charge < -0.3 is 41.8 Å². The largest absolute Gasteiger partial charge is 0.497 e. The zero-order valence-corrected chi connectivity index (χ0v) is 20.4. The minimum Gasteiger partial charge on any atom is -0.497 e. The number of alkyl halides is 2. The van der Waals surface area contributed by atoms with Crippen LogP contribution in [0.15, 0.2) is 48.5 Å². The molecule has 38 heavy (non-hydrogen) atoms. The Bertz CT molecular complexity index is 1090. The normalized spacial score (nSPS) is 11.8. The van der Waals surface area contributed by atoms with E-state index in [4.69, 9.17) is 26.4 Å². The number of halogens is 2. The summed E-state index contributed by atoms with van der Waals surface area (Å²) in [5, 5.41) is 22.2. The van der Waals surface area contributed by atoms with Gasteiger partial charge in [-0.2, -0.15) is 8.78 Å². The van der Waals surface area contributed by atoms with Gasteiger partial charge in [0.2, 0.25) is 0 Å². The van der Waals surface area contributed by atoms with Gasteiger partial charge in [-0.3, -0.25) is 19.2 Å². The van der Waals surface area contributed by atoms with Gasteiger partial charge in [0.05, 0.1) is 7.11 Å². The van der Waals surface area contributed by atoms with Gasteiger partial charge in [0.1, 0.15) is 23.6 Å². The van der Waals surface area contributed by atoms with Gasteiger partial charge in [-0.25, -0.2) is 0 Å². The molecule has 0 aliphatic heterocycles. The highest BCUT2D eigenvalue weighted by Crippen LogP contribution is 2.16. The first kappa shape index (κ1) is 31.7. The smallest absolute Gasteiger partial charge is 0.387 e. The number of benzene rings is 2. The van der Waals surface area contributed by atoms with Crippen LogP contribution in [0.2, 0.25) is 0 Å². The molecule has 0 saturated heterocycles. The van der Waals surface area contributed by atoms with Gasteiger partial charge in [0.15, 0.2) is 0 Å². The number of carbonyl (C=O) groups is 4. The molecule has 2 aromatic carbocycles. The molecule has 208 valence electrons. The Labute approximate surface area is 216 Å². The predicted molar refractivity (Wildman–Crippen MR) is 131 cm³/mol. The molecule has 0 spiro atoms. The number of hydrogen-bond acceptors (Lipinski definition) is 8. The molecule has 0 radical (unpaired) electrons. The zero-order valence-electron chi connectivity index (χ0n) is 20.4. The van der Waals surface area contributed by atoms with Gasteiger partial charge in [-0.05, 0) is 49.2 Å². The number of carboxylic acid groups (broad SMARTS) is 2. The minimum atomic E-state index is -2.97. The average molecular weight is 541 g/mol. The van der Waals surface area contributed by atoms with Crippen LogP contribution >= 0.6 is 0 Å². The van der Waals surface area contributed by atoms with Crippen molar-refractivity contribution in [3.8, 4) is 11.5 Å². The molecular formula is C24H30F2N4O8. The quantitative estimate of drug-likeness (QED) is 0.213. The van der Waals surface area contributed by atoms with Crippen LogP contribution in [-0.2, 0) is 9.59 Å². The lowest BCUT2D eigenvalue weighted by Crippen LogP contribution is -2.35. The van der Waals surface area contributed by atoms with Crippen LogP contribution in [0, 0.1) is 0 Å². The van der Waals surface area contributed by atoms with Crippen LogP contribution < -0.4 is 31.6 Å². The molecule has 0 fully saturated rings. The van der Waals surface area contributed by atoms with Crippen molar-refractivity contribution in [2.45, 2.75) is 31.5 Å². The second kappa shape index (κ2) is 16.4. The van der Waals surface area contributed by atoms with E-state index in [-0.39, 0.29) is 43.2 Å². The van der Waals surface area contributed by atoms with Gasteiger partial charge in [-0.15, -0.1) is 0 Å². The van der Waals surface area contributed by atoms with E-state index in [1.165, 1.54) is 31.4 Å². The van der Waals surface area contributed by atoms with Crippen LogP contribution in [0.5, 0.6) is 11.5 Å². The molecule has 12 nitrogen and oxygen atoms in total. The van der Waals surface area contributed by atoms with E-state index in [1.807, 2.05) is 0 Å². The fourth-order valence-electron chi connectivity index (χ4n) is 2.71. The van der Waals surface area contributed by atoms with Gasteiger partial charge >= 0.3 is 18.6 Å². The number of rotatable bonds is 13. The van der Waals surface area contributed by atoms with Crippen molar-refractivity contribution in [2.24, 2.45) is 11.5 Å². The highest BCUT2D eigenvalue weighted by Gasteiger charge is 2.14. The van der Waals surface area contributed by atoms with Crippen LogP contribution in [0.25, 0.3) is 0 Å². The van der Waals surface area contributed by atoms with Crippen LogP contribution in [0.4, 0.5) is 8.78 Å². The summed E-state index contributed by atoms with van der Waals surface area (Å²) >= 11 is 0. The first-order chi connectivity index (χ1) is 17.9. The van der Waals surface area contributed by atoms with Crippen molar-refractivity contribution in [3.05, 3.63) is 59.7 Å². The molecule has 2 rings (SSSR count). The summed E-state index contributed by atoms with van der Waals surface area (Å²) in [6.45, 7) is -2.70. The Morgan fingerprint density at radius 3 is 1.63 bits per heavy atom. The maximum atomic E-state index is 12.0. The molecule has 2 aromatic rings. The number of nitrogens with two attached hydrogens (primary N) is 2. The maximum Gasteiger partial charge on any atom is 0.387 e. The number of hydrogen-bond donors (Lipinski definition) is 6. The number of carbonyl (C=O) groups excluding carboxylic acids is 2. The number of methoxy groups -OCH3 is 1. The fraction of sp³-hybridized carbons (Fsp3) is 0.333. The molecule has 2 amide bonds. The lowest BCUT2D eigenvalue weighted by atomic mass is 10.2. The Hall–Kier alpha value is -4.30. The average Bonchev–Trinajstić information content (AvgIpc) is 2.88. The van der Waals surface area contributed by atoms with Gasteiger partial charge in [-0.1, -0.05) is 12.1 Å². The Kier molecular flexibility index (Phi) is 13.7. The summed E-state index contributed by atoms with van der Waals surface area (Å²) < 4.78 is 33.2. The highest BCUT2D eigenvalue weighted by molar-refractivity contribution is 5.95. The van der Waals surface area contributed by atoms with Crippen molar-refractivity contribution in [2.75, 3.05) is 20.2 Å². The Balaban J connectivity index is 0.000000382. The molecule has 0 bridgehead atoms. The molecule has 0 unspecified atom stereocenters. The summed E-state index contributed by atoms with van der Waals surface area (Å²) in [6.07, 6.45) is 0.249. The van der Waals surface area contributed by atoms with Crippen LogP contribution in [0.3, 0.4) is 0 Å². The maximum absolute atomic E-state index is 12.0. The summed E-state index contributed by atoms with van der Waals surface area (Å²) in [5.41, 5.74) is 11.2. The number of ether oxygens (including phenoxy) is 2. The molecule has 0 saturated carbocycles. The third kappa shape index (κ3) is 12.1. The van der Waals surface area contributed by atoms with E-state index in [9.17, 15) is 28.0 Å². The van der Waals surface area contributed by atoms with Crippen LogP contribution in [0.1, 0.15) is 33.6 Å². The van der Waals surface area contributed by atoms with Crippen molar-refractivity contribution >= 4 is 23.8 Å². The Morgan fingerprint density at radius 1 is 0.816 bits per heavy atom. The zero-order chi connectivity index (χ0) is 28.7. The third-order valence-corrected chi connectivity index (χ3v) is 4.77. The molecule has 0 aromatic heterocycles. The highest BCUT2D eigenvalue weighted by atomic mass is 19.3. The third-order valence-electron chi connectivity index (χ3n) is 4.77. The summed E-state index contributed by atoms with van der Waals surface area (Å²) in [7, 11) is 1.52. The van der Waals surface area contributed by atoms with E-state index in [1.54, 1.807) is 24.3 Å². The second-order valence-electron chi connectivity index (χ2n) is 7.62. The number of carboxylic acids is 2. The number of amides is 2. The number of nitrogens with one attached hydrogen (secondary N) is 2. The molecule has 8 N–H and O–H groups in total. The lowest BCUT2D eigenvalue weighted by Gasteiger charge is -2.09.